The highest BCUT2D eigenvalue weighted by Gasteiger charge is 2.24. The van der Waals surface area contributed by atoms with Crippen LogP contribution in [0.25, 0.3) is 0 Å². The third-order valence-corrected chi connectivity index (χ3v) is 4.02. The summed E-state index contributed by atoms with van der Waals surface area (Å²) in [7, 11) is 0. The summed E-state index contributed by atoms with van der Waals surface area (Å²) in [5.41, 5.74) is 1.21. The van der Waals surface area contributed by atoms with Gasteiger partial charge >= 0.3 is 0 Å². The van der Waals surface area contributed by atoms with Crippen molar-refractivity contribution in [1.82, 2.24) is 5.32 Å². The van der Waals surface area contributed by atoms with Gasteiger partial charge in [-0.15, -0.1) is 0 Å². The molecular formula is C16H22N2O3. The summed E-state index contributed by atoms with van der Waals surface area (Å²) in [5, 5.41) is 13.7. The Kier molecular flexibility index (Phi) is 5.75. The van der Waals surface area contributed by atoms with Gasteiger partial charge < -0.3 is 20.1 Å². The van der Waals surface area contributed by atoms with Crippen LogP contribution in [0.4, 0.5) is 0 Å². The van der Waals surface area contributed by atoms with Gasteiger partial charge in [0.1, 0.15) is 0 Å². The molecule has 1 aliphatic rings. The van der Waals surface area contributed by atoms with Gasteiger partial charge in [0.15, 0.2) is 6.54 Å². The fourth-order valence-corrected chi connectivity index (χ4v) is 2.72. The number of carboxylic acids is 1. The van der Waals surface area contributed by atoms with Crippen molar-refractivity contribution < 1.29 is 19.6 Å². The van der Waals surface area contributed by atoms with Crippen LogP contribution in [0.2, 0.25) is 0 Å². The first kappa shape index (κ1) is 15.5. The predicted octanol–water partition coefficient (Wildman–Crippen LogP) is -1.61. The Morgan fingerprint density at radius 2 is 1.86 bits per heavy atom. The van der Waals surface area contributed by atoms with Crippen molar-refractivity contribution in [2.45, 2.75) is 19.3 Å². The smallest absolute Gasteiger partial charge is 0.275 e. The molecule has 1 aromatic rings. The third-order valence-electron chi connectivity index (χ3n) is 4.02. The summed E-state index contributed by atoms with van der Waals surface area (Å²) in [6.45, 7) is 2.52. The van der Waals surface area contributed by atoms with E-state index in [1.54, 1.807) is 0 Å². The summed E-state index contributed by atoms with van der Waals surface area (Å²) < 4.78 is 0. The van der Waals surface area contributed by atoms with Gasteiger partial charge in [-0.25, -0.2) is 0 Å². The van der Waals surface area contributed by atoms with E-state index in [0.717, 1.165) is 24.4 Å². The lowest BCUT2D eigenvalue weighted by molar-refractivity contribution is -0.897. The van der Waals surface area contributed by atoms with E-state index in [0.29, 0.717) is 25.9 Å². The number of hydrogen-bond acceptors (Lipinski definition) is 3. The minimum Gasteiger partial charge on any atom is -0.550 e. The van der Waals surface area contributed by atoms with Gasteiger partial charge in [0.2, 0.25) is 0 Å². The average molecular weight is 290 g/mol. The van der Waals surface area contributed by atoms with Crippen LogP contribution < -0.4 is 15.3 Å². The number of quaternary nitrogens is 1. The van der Waals surface area contributed by atoms with Gasteiger partial charge in [-0.2, -0.15) is 0 Å². The molecule has 2 rings (SSSR count). The van der Waals surface area contributed by atoms with Crippen molar-refractivity contribution in [2.75, 3.05) is 26.2 Å². The molecule has 0 unspecified atom stereocenters. The zero-order chi connectivity index (χ0) is 15.1. The van der Waals surface area contributed by atoms with E-state index in [1.165, 1.54) is 5.56 Å². The minimum atomic E-state index is -0.957. The molecule has 1 amide bonds. The number of nitrogens with one attached hydrogen (secondary N) is 2. The average Bonchev–Trinajstić information content (AvgIpc) is 2.49. The molecule has 1 heterocycles. The highest BCUT2D eigenvalue weighted by atomic mass is 16.4. The van der Waals surface area contributed by atoms with Crippen LogP contribution in [-0.2, 0) is 16.0 Å². The van der Waals surface area contributed by atoms with Crippen molar-refractivity contribution in [2.24, 2.45) is 5.92 Å². The Morgan fingerprint density at radius 3 is 2.48 bits per heavy atom. The first-order valence-electron chi connectivity index (χ1n) is 7.50. The third kappa shape index (κ3) is 5.19. The molecule has 0 atom stereocenters. The Hall–Kier alpha value is -1.88. The molecular weight excluding hydrogens is 268 g/mol. The number of aliphatic carboxylic acids is 1. The number of carboxylic acid groups (broad SMARTS) is 1. The Labute approximate surface area is 125 Å². The largest absolute Gasteiger partial charge is 0.550 e. The second kappa shape index (κ2) is 7.78. The molecule has 0 aliphatic carbocycles. The lowest BCUT2D eigenvalue weighted by Crippen LogP contribution is -3.14. The second-order valence-corrected chi connectivity index (χ2v) is 5.61. The van der Waals surface area contributed by atoms with Gasteiger partial charge in [0.25, 0.3) is 5.91 Å². The molecule has 0 radical (unpaired) electrons. The Balaban J connectivity index is 1.63. The van der Waals surface area contributed by atoms with E-state index >= 15 is 0 Å². The van der Waals surface area contributed by atoms with E-state index in [4.69, 9.17) is 0 Å². The van der Waals surface area contributed by atoms with Gasteiger partial charge in [0, 0.05) is 31.3 Å². The van der Waals surface area contributed by atoms with E-state index in [1.807, 2.05) is 30.3 Å². The topological polar surface area (TPSA) is 73.7 Å². The molecule has 1 aliphatic heterocycles. The van der Waals surface area contributed by atoms with E-state index < -0.39 is 5.97 Å². The Morgan fingerprint density at radius 1 is 1.19 bits per heavy atom. The molecule has 0 spiro atoms. The number of rotatable bonds is 6. The second-order valence-electron chi connectivity index (χ2n) is 5.61. The molecule has 1 aromatic carbocycles. The van der Waals surface area contributed by atoms with Gasteiger partial charge in [-0.3, -0.25) is 4.79 Å². The van der Waals surface area contributed by atoms with Crippen LogP contribution in [0, 0.1) is 5.92 Å². The first-order chi connectivity index (χ1) is 10.1. The monoisotopic (exact) mass is 290 g/mol. The fraction of sp³-hybridized carbons (Fsp3) is 0.500. The summed E-state index contributed by atoms with van der Waals surface area (Å²) in [5.74, 6) is -1.26. The number of hydrogen-bond donors (Lipinski definition) is 2. The normalized spacial score (nSPS) is 21.7. The summed E-state index contributed by atoms with van der Waals surface area (Å²) in [4.78, 5) is 23.8. The molecule has 5 nitrogen and oxygen atoms in total. The van der Waals surface area contributed by atoms with Crippen molar-refractivity contribution in [1.29, 1.82) is 0 Å². The zero-order valence-corrected chi connectivity index (χ0v) is 12.1. The highest BCUT2D eigenvalue weighted by Crippen LogP contribution is 2.07. The summed E-state index contributed by atoms with van der Waals surface area (Å²) in [6, 6.07) is 10.0. The molecule has 5 heteroatoms. The van der Waals surface area contributed by atoms with Crippen molar-refractivity contribution in [3.05, 3.63) is 35.9 Å². The molecule has 1 fully saturated rings. The van der Waals surface area contributed by atoms with Crippen LogP contribution in [0.15, 0.2) is 30.3 Å². The summed E-state index contributed by atoms with van der Waals surface area (Å²) >= 11 is 0. The quantitative estimate of drug-likeness (QED) is 0.662. The number of carbonyl (C=O) groups excluding carboxylic acids is 2. The van der Waals surface area contributed by atoms with Crippen LogP contribution in [0.1, 0.15) is 18.4 Å². The maximum absolute atomic E-state index is 11.9. The van der Waals surface area contributed by atoms with Crippen LogP contribution >= 0.6 is 0 Å². The lowest BCUT2D eigenvalue weighted by atomic mass is 9.97. The molecule has 114 valence electrons. The lowest BCUT2D eigenvalue weighted by Gasteiger charge is -2.29. The van der Waals surface area contributed by atoms with Gasteiger partial charge in [-0.05, 0) is 12.0 Å². The SMILES string of the molecule is O=C(C[NH+]1CCC(C(=O)[O-])CC1)NCCc1ccccc1. The van der Waals surface area contributed by atoms with Crippen LogP contribution in [0.3, 0.4) is 0 Å². The Bertz CT molecular complexity index is 468. The molecule has 21 heavy (non-hydrogen) atoms. The van der Waals surface area contributed by atoms with E-state index in [-0.39, 0.29) is 11.8 Å². The highest BCUT2D eigenvalue weighted by molar-refractivity contribution is 5.76. The van der Waals surface area contributed by atoms with Crippen molar-refractivity contribution in [3.63, 3.8) is 0 Å². The van der Waals surface area contributed by atoms with Crippen molar-refractivity contribution >= 4 is 11.9 Å². The number of amides is 1. The summed E-state index contributed by atoms with van der Waals surface area (Å²) in [6.07, 6.45) is 2.04. The number of piperidine rings is 1. The molecule has 2 N–H and O–H groups in total. The van der Waals surface area contributed by atoms with Gasteiger partial charge in [-0.1, -0.05) is 30.3 Å². The maximum atomic E-state index is 11.9. The van der Waals surface area contributed by atoms with Gasteiger partial charge in [0.05, 0.1) is 13.1 Å². The fourth-order valence-electron chi connectivity index (χ4n) is 2.72. The number of likely N-dealkylation sites (tertiary alicyclic amines) is 1. The molecule has 1 saturated heterocycles. The van der Waals surface area contributed by atoms with E-state index in [9.17, 15) is 14.7 Å². The van der Waals surface area contributed by atoms with Crippen LogP contribution in [0.5, 0.6) is 0 Å². The van der Waals surface area contributed by atoms with Crippen LogP contribution in [-0.4, -0.2) is 38.1 Å². The maximum Gasteiger partial charge on any atom is 0.275 e. The standard InChI is InChI=1S/C16H22N2O3/c19-15(17-9-6-13-4-2-1-3-5-13)12-18-10-7-14(8-11-18)16(20)21/h1-5,14H,6-12H2,(H,17,19)(H,20,21). The number of carbonyl (C=O) groups is 2. The van der Waals surface area contributed by atoms with E-state index in [2.05, 4.69) is 5.32 Å². The molecule has 0 saturated carbocycles. The first-order valence-corrected chi connectivity index (χ1v) is 7.50. The number of benzene rings is 1. The minimum absolute atomic E-state index is 0.0350. The van der Waals surface area contributed by atoms with Crippen molar-refractivity contribution in [3.8, 4) is 0 Å². The molecule has 0 aromatic heterocycles. The zero-order valence-electron chi connectivity index (χ0n) is 12.1. The predicted molar refractivity (Wildman–Crippen MR) is 76.5 cm³/mol. The molecule has 0 bridgehead atoms.